The van der Waals surface area contributed by atoms with Gasteiger partial charge in [0.25, 0.3) is 5.91 Å². The average molecular weight is 264 g/mol. The molecule has 0 bridgehead atoms. The van der Waals surface area contributed by atoms with Crippen molar-refractivity contribution in [3.05, 3.63) is 23.8 Å². The van der Waals surface area contributed by atoms with Crippen molar-refractivity contribution >= 4 is 17.3 Å². The summed E-state index contributed by atoms with van der Waals surface area (Å²) in [5, 5.41) is 6.06. The molecular formula is C14H24N4O. The van der Waals surface area contributed by atoms with Gasteiger partial charge in [-0.3, -0.25) is 4.79 Å². The Morgan fingerprint density at radius 2 is 2.11 bits per heavy atom. The SMILES string of the molecule is CCNC(=O)c1ccc(N)c(NCC(C)N(C)C)c1. The van der Waals surface area contributed by atoms with Crippen molar-refractivity contribution in [2.24, 2.45) is 0 Å². The molecular weight excluding hydrogens is 240 g/mol. The van der Waals surface area contributed by atoms with Gasteiger partial charge >= 0.3 is 0 Å². The van der Waals surface area contributed by atoms with E-state index in [9.17, 15) is 4.79 Å². The molecule has 106 valence electrons. The van der Waals surface area contributed by atoms with Crippen LogP contribution in [0.4, 0.5) is 11.4 Å². The summed E-state index contributed by atoms with van der Waals surface area (Å²) in [7, 11) is 4.06. The van der Waals surface area contributed by atoms with E-state index in [0.717, 1.165) is 12.2 Å². The van der Waals surface area contributed by atoms with E-state index in [2.05, 4.69) is 22.5 Å². The van der Waals surface area contributed by atoms with E-state index in [1.165, 1.54) is 0 Å². The smallest absolute Gasteiger partial charge is 0.251 e. The van der Waals surface area contributed by atoms with Crippen molar-refractivity contribution in [3.63, 3.8) is 0 Å². The van der Waals surface area contributed by atoms with Crippen molar-refractivity contribution in [1.29, 1.82) is 0 Å². The molecule has 1 amide bonds. The van der Waals surface area contributed by atoms with Gasteiger partial charge in [0, 0.05) is 24.7 Å². The first-order chi connectivity index (χ1) is 8.95. The summed E-state index contributed by atoms with van der Waals surface area (Å²) >= 11 is 0. The number of nitrogens with one attached hydrogen (secondary N) is 2. The summed E-state index contributed by atoms with van der Waals surface area (Å²) in [5.41, 5.74) is 7.99. The van der Waals surface area contributed by atoms with E-state index in [0.29, 0.717) is 23.8 Å². The van der Waals surface area contributed by atoms with E-state index in [1.54, 1.807) is 18.2 Å². The number of anilines is 2. The van der Waals surface area contributed by atoms with Gasteiger partial charge in [0.15, 0.2) is 0 Å². The van der Waals surface area contributed by atoms with Crippen molar-refractivity contribution in [2.75, 3.05) is 38.2 Å². The van der Waals surface area contributed by atoms with Crippen LogP contribution in [0.25, 0.3) is 0 Å². The zero-order chi connectivity index (χ0) is 14.4. The molecule has 0 fully saturated rings. The van der Waals surface area contributed by atoms with Crippen LogP contribution in [0, 0.1) is 0 Å². The van der Waals surface area contributed by atoms with Gasteiger partial charge in [-0.15, -0.1) is 0 Å². The second-order valence-electron chi connectivity index (χ2n) is 4.86. The number of hydrogen-bond acceptors (Lipinski definition) is 4. The highest BCUT2D eigenvalue weighted by Crippen LogP contribution is 2.20. The lowest BCUT2D eigenvalue weighted by molar-refractivity contribution is 0.0956. The topological polar surface area (TPSA) is 70.4 Å². The van der Waals surface area contributed by atoms with Gasteiger partial charge in [0.2, 0.25) is 0 Å². The van der Waals surface area contributed by atoms with Gasteiger partial charge in [-0.2, -0.15) is 0 Å². The van der Waals surface area contributed by atoms with Crippen molar-refractivity contribution in [1.82, 2.24) is 10.2 Å². The standard InChI is InChI=1S/C14H24N4O/c1-5-16-14(19)11-6-7-12(15)13(8-11)17-9-10(2)18(3)4/h6-8,10,17H,5,9,15H2,1-4H3,(H,16,19). The fourth-order valence-corrected chi connectivity index (χ4v) is 1.55. The van der Waals surface area contributed by atoms with Crippen LogP contribution in [0.15, 0.2) is 18.2 Å². The molecule has 1 unspecified atom stereocenters. The Morgan fingerprint density at radius 1 is 1.42 bits per heavy atom. The van der Waals surface area contributed by atoms with Gasteiger partial charge in [-0.25, -0.2) is 0 Å². The Hall–Kier alpha value is -1.75. The fraction of sp³-hybridized carbons (Fsp3) is 0.500. The second-order valence-corrected chi connectivity index (χ2v) is 4.86. The minimum Gasteiger partial charge on any atom is -0.397 e. The van der Waals surface area contributed by atoms with E-state index < -0.39 is 0 Å². The van der Waals surface area contributed by atoms with E-state index in [4.69, 9.17) is 5.73 Å². The molecule has 1 aromatic carbocycles. The average Bonchev–Trinajstić information content (AvgIpc) is 2.37. The number of nitrogen functional groups attached to an aromatic ring is 1. The van der Waals surface area contributed by atoms with E-state index >= 15 is 0 Å². The molecule has 0 aliphatic carbocycles. The molecule has 0 aliphatic heterocycles. The first-order valence-corrected chi connectivity index (χ1v) is 6.53. The van der Waals surface area contributed by atoms with Crippen LogP contribution in [0.3, 0.4) is 0 Å². The maximum Gasteiger partial charge on any atom is 0.251 e. The van der Waals surface area contributed by atoms with Gasteiger partial charge in [-0.1, -0.05) is 0 Å². The molecule has 1 atom stereocenters. The summed E-state index contributed by atoms with van der Waals surface area (Å²) in [6.45, 7) is 5.41. The second kappa shape index (κ2) is 6.99. The third kappa shape index (κ3) is 4.44. The van der Waals surface area contributed by atoms with Gasteiger partial charge in [0.05, 0.1) is 11.4 Å². The third-order valence-electron chi connectivity index (χ3n) is 3.12. The first-order valence-electron chi connectivity index (χ1n) is 6.53. The first kappa shape index (κ1) is 15.3. The number of benzene rings is 1. The predicted octanol–water partition coefficient (Wildman–Crippen LogP) is 1.38. The molecule has 5 nitrogen and oxygen atoms in total. The summed E-state index contributed by atoms with van der Waals surface area (Å²) in [6.07, 6.45) is 0. The summed E-state index contributed by atoms with van der Waals surface area (Å²) in [5.74, 6) is -0.0776. The predicted molar refractivity (Wildman–Crippen MR) is 80.5 cm³/mol. The molecule has 4 N–H and O–H groups in total. The lowest BCUT2D eigenvalue weighted by Crippen LogP contribution is -2.31. The number of carbonyl (C=O) groups excluding carboxylic acids is 1. The van der Waals surface area contributed by atoms with Gasteiger partial charge < -0.3 is 21.3 Å². The number of likely N-dealkylation sites (N-methyl/N-ethyl adjacent to an activating group) is 1. The summed E-state index contributed by atoms with van der Waals surface area (Å²) < 4.78 is 0. The maximum absolute atomic E-state index is 11.8. The summed E-state index contributed by atoms with van der Waals surface area (Å²) in [4.78, 5) is 13.9. The molecule has 0 saturated carbocycles. The zero-order valence-electron chi connectivity index (χ0n) is 12.2. The molecule has 1 rings (SSSR count). The monoisotopic (exact) mass is 264 g/mol. The Kier molecular flexibility index (Phi) is 5.63. The highest BCUT2D eigenvalue weighted by Gasteiger charge is 2.09. The van der Waals surface area contributed by atoms with Crippen LogP contribution < -0.4 is 16.4 Å². The molecule has 0 radical (unpaired) electrons. The van der Waals surface area contributed by atoms with Crippen LogP contribution in [0.1, 0.15) is 24.2 Å². The van der Waals surface area contributed by atoms with Crippen LogP contribution >= 0.6 is 0 Å². The number of nitrogens with zero attached hydrogens (tertiary/aromatic N) is 1. The van der Waals surface area contributed by atoms with Gasteiger partial charge in [0.1, 0.15) is 0 Å². The summed E-state index contributed by atoms with van der Waals surface area (Å²) in [6, 6.07) is 5.67. The number of hydrogen-bond donors (Lipinski definition) is 3. The Labute approximate surface area is 115 Å². The Bertz CT molecular complexity index is 431. The molecule has 19 heavy (non-hydrogen) atoms. The van der Waals surface area contributed by atoms with E-state index in [1.807, 2.05) is 21.0 Å². The fourth-order valence-electron chi connectivity index (χ4n) is 1.55. The van der Waals surface area contributed by atoms with Crippen LogP contribution in [-0.4, -0.2) is 44.0 Å². The normalized spacial score (nSPS) is 12.3. The lowest BCUT2D eigenvalue weighted by Gasteiger charge is -2.21. The molecule has 5 heteroatoms. The van der Waals surface area contributed by atoms with E-state index in [-0.39, 0.29) is 5.91 Å². The van der Waals surface area contributed by atoms with Crippen LogP contribution in [-0.2, 0) is 0 Å². The Balaban J connectivity index is 2.77. The Morgan fingerprint density at radius 3 is 2.68 bits per heavy atom. The molecule has 0 heterocycles. The van der Waals surface area contributed by atoms with Crippen LogP contribution in [0.2, 0.25) is 0 Å². The maximum atomic E-state index is 11.8. The van der Waals surface area contributed by atoms with Gasteiger partial charge in [-0.05, 0) is 46.1 Å². The molecule has 1 aromatic rings. The number of rotatable bonds is 6. The van der Waals surface area contributed by atoms with Crippen molar-refractivity contribution < 1.29 is 4.79 Å². The van der Waals surface area contributed by atoms with Crippen molar-refractivity contribution in [3.8, 4) is 0 Å². The zero-order valence-corrected chi connectivity index (χ0v) is 12.2. The third-order valence-corrected chi connectivity index (χ3v) is 3.12. The molecule has 0 spiro atoms. The molecule has 0 aromatic heterocycles. The number of nitrogens with two attached hydrogens (primary N) is 1. The minimum atomic E-state index is -0.0776. The highest BCUT2D eigenvalue weighted by molar-refractivity contribution is 5.96. The molecule has 0 aliphatic rings. The quantitative estimate of drug-likeness (QED) is 0.679. The number of carbonyl (C=O) groups is 1. The molecule has 0 saturated heterocycles. The highest BCUT2D eigenvalue weighted by atomic mass is 16.1. The minimum absolute atomic E-state index is 0.0776. The lowest BCUT2D eigenvalue weighted by atomic mass is 10.1. The largest absolute Gasteiger partial charge is 0.397 e. The van der Waals surface area contributed by atoms with Crippen molar-refractivity contribution in [2.45, 2.75) is 19.9 Å². The van der Waals surface area contributed by atoms with Crippen LogP contribution in [0.5, 0.6) is 0 Å². The number of amides is 1.